The Hall–Kier alpha value is -1.89. The Morgan fingerprint density at radius 1 is 1.35 bits per heavy atom. The van der Waals surface area contributed by atoms with Crippen molar-refractivity contribution in [3.05, 3.63) is 23.8 Å². The number of hydrogen-bond acceptors (Lipinski definition) is 5. The highest BCUT2D eigenvalue weighted by molar-refractivity contribution is 9.10. The summed E-state index contributed by atoms with van der Waals surface area (Å²) in [7, 11) is 2.75. The minimum absolute atomic E-state index is 0.0113. The molecule has 1 aliphatic rings. The Morgan fingerprint density at radius 2 is 2.05 bits per heavy atom. The van der Waals surface area contributed by atoms with E-state index in [4.69, 9.17) is 4.74 Å². The molecule has 106 valence electrons. The van der Waals surface area contributed by atoms with Gasteiger partial charge in [-0.2, -0.15) is 0 Å². The van der Waals surface area contributed by atoms with Crippen LogP contribution in [0.5, 0.6) is 5.75 Å². The van der Waals surface area contributed by atoms with Gasteiger partial charge >= 0.3 is 5.97 Å². The lowest BCUT2D eigenvalue weighted by Crippen LogP contribution is -2.37. The van der Waals surface area contributed by atoms with Crippen molar-refractivity contribution in [2.24, 2.45) is 0 Å². The summed E-state index contributed by atoms with van der Waals surface area (Å²) in [5.74, 6) is -1.24. The molecule has 20 heavy (non-hydrogen) atoms. The standard InChI is InChI=1S/C13H12BrNO5/c1-19-7-3-4-8-10(5-7)15(12(17)11(8)16)6-9(14)13(18)20-2/h3-5,9H,6H2,1-2H3. The van der Waals surface area contributed by atoms with E-state index in [1.807, 2.05) is 0 Å². The molecule has 0 saturated heterocycles. The first-order valence-corrected chi connectivity index (χ1v) is 6.67. The van der Waals surface area contributed by atoms with Gasteiger partial charge in [0.1, 0.15) is 10.6 Å². The van der Waals surface area contributed by atoms with Crippen molar-refractivity contribution in [1.29, 1.82) is 0 Å². The molecule has 0 saturated carbocycles. The molecule has 1 unspecified atom stereocenters. The number of halogens is 1. The van der Waals surface area contributed by atoms with Crippen LogP contribution < -0.4 is 9.64 Å². The van der Waals surface area contributed by atoms with Crippen molar-refractivity contribution < 1.29 is 23.9 Å². The van der Waals surface area contributed by atoms with Crippen LogP contribution in [0, 0.1) is 0 Å². The summed E-state index contributed by atoms with van der Waals surface area (Å²) in [6.45, 7) is 0.0113. The van der Waals surface area contributed by atoms with E-state index in [-0.39, 0.29) is 6.54 Å². The molecule has 1 heterocycles. The number of amides is 1. The first-order valence-electron chi connectivity index (χ1n) is 5.75. The second-order valence-electron chi connectivity index (χ2n) is 4.12. The number of benzene rings is 1. The van der Waals surface area contributed by atoms with Crippen LogP contribution in [0.1, 0.15) is 10.4 Å². The van der Waals surface area contributed by atoms with Crippen LogP contribution in [-0.4, -0.2) is 43.3 Å². The zero-order chi connectivity index (χ0) is 14.9. The third-order valence-electron chi connectivity index (χ3n) is 2.98. The van der Waals surface area contributed by atoms with E-state index in [1.165, 1.54) is 25.2 Å². The molecule has 0 spiro atoms. The number of esters is 1. The largest absolute Gasteiger partial charge is 0.497 e. The quantitative estimate of drug-likeness (QED) is 0.466. The molecule has 1 aromatic carbocycles. The van der Waals surface area contributed by atoms with Crippen molar-refractivity contribution in [2.45, 2.75) is 4.83 Å². The molecule has 1 atom stereocenters. The van der Waals surface area contributed by atoms with Crippen LogP contribution in [0.15, 0.2) is 18.2 Å². The highest BCUT2D eigenvalue weighted by Crippen LogP contribution is 2.33. The third kappa shape index (κ3) is 2.40. The summed E-state index contributed by atoms with van der Waals surface area (Å²) in [5, 5.41) is 0. The Bertz CT molecular complexity index is 586. The number of carbonyl (C=O) groups is 3. The minimum atomic E-state index is -0.707. The summed E-state index contributed by atoms with van der Waals surface area (Å²) in [4.78, 5) is 35.8. The van der Waals surface area contributed by atoms with Crippen molar-refractivity contribution in [1.82, 2.24) is 0 Å². The van der Waals surface area contributed by atoms with E-state index >= 15 is 0 Å². The summed E-state index contributed by atoms with van der Waals surface area (Å²) >= 11 is 3.14. The molecule has 0 radical (unpaired) electrons. The maximum Gasteiger partial charge on any atom is 0.321 e. The van der Waals surface area contributed by atoms with Gasteiger partial charge in [0.2, 0.25) is 0 Å². The summed E-state index contributed by atoms with van der Waals surface area (Å²) < 4.78 is 9.66. The normalized spacial score (nSPS) is 15.1. The molecule has 1 aliphatic heterocycles. The lowest BCUT2D eigenvalue weighted by molar-refractivity contribution is -0.139. The van der Waals surface area contributed by atoms with Gasteiger partial charge in [0.25, 0.3) is 11.7 Å². The second kappa shape index (κ2) is 5.62. The van der Waals surface area contributed by atoms with Gasteiger partial charge in [0, 0.05) is 12.6 Å². The van der Waals surface area contributed by atoms with Gasteiger partial charge in [-0.05, 0) is 12.1 Å². The number of alkyl halides is 1. The topological polar surface area (TPSA) is 72.9 Å². The number of hydrogen-bond donors (Lipinski definition) is 0. The fourth-order valence-corrected chi connectivity index (χ4v) is 2.42. The number of fused-ring (bicyclic) bond motifs is 1. The van der Waals surface area contributed by atoms with Crippen molar-refractivity contribution in [2.75, 3.05) is 25.7 Å². The minimum Gasteiger partial charge on any atom is -0.497 e. The predicted molar refractivity (Wildman–Crippen MR) is 74.4 cm³/mol. The van der Waals surface area contributed by atoms with E-state index < -0.39 is 22.5 Å². The van der Waals surface area contributed by atoms with Crippen LogP contribution >= 0.6 is 15.9 Å². The molecule has 1 amide bonds. The first kappa shape index (κ1) is 14.5. The summed E-state index contributed by atoms with van der Waals surface area (Å²) in [6, 6.07) is 4.74. The summed E-state index contributed by atoms with van der Waals surface area (Å²) in [6.07, 6.45) is 0. The Labute approximate surface area is 123 Å². The fourth-order valence-electron chi connectivity index (χ4n) is 1.94. The Kier molecular flexibility index (Phi) is 4.08. The molecule has 0 bridgehead atoms. The van der Waals surface area contributed by atoms with Crippen LogP contribution in [-0.2, 0) is 14.3 Å². The average Bonchev–Trinajstić information content (AvgIpc) is 2.70. The highest BCUT2D eigenvalue weighted by Gasteiger charge is 2.38. The highest BCUT2D eigenvalue weighted by atomic mass is 79.9. The molecule has 2 rings (SSSR count). The van der Waals surface area contributed by atoms with E-state index in [2.05, 4.69) is 20.7 Å². The average molecular weight is 342 g/mol. The zero-order valence-electron chi connectivity index (χ0n) is 10.9. The zero-order valence-corrected chi connectivity index (χ0v) is 12.5. The van der Waals surface area contributed by atoms with Gasteiger partial charge in [-0.3, -0.25) is 14.4 Å². The predicted octanol–water partition coefficient (Wildman–Crippen LogP) is 1.16. The van der Waals surface area contributed by atoms with E-state index in [1.54, 1.807) is 12.1 Å². The molecule has 1 aromatic rings. The maximum absolute atomic E-state index is 12.0. The Balaban J connectivity index is 2.34. The molecular formula is C13H12BrNO5. The first-order chi connectivity index (χ1) is 9.49. The van der Waals surface area contributed by atoms with E-state index in [0.29, 0.717) is 17.0 Å². The van der Waals surface area contributed by atoms with Gasteiger partial charge in [-0.1, -0.05) is 15.9 Å². The number of Topliss-reactive ketones (excluding diaryl/α,β-unsaturated/α-hetero) is 1. The van der Waals surface area contributed by atoms with E-state index in [0.717, 1.165) is 0 Å². The molecule has 0 aromatic heterocycles. The van der Waals surface area contributed by atoms with Crippen LogP contribution in [0.2, 0.25) is 0 Å². The molecule has 7 heteroatoms. The lowest BCUT2D eigenvalue weighted by atomic mass is 10.1. The summed E-state index contributed by atoms with van der Waals surface area (Å²) in [5.41, 5.74) is 0.744. The van der Waals surface area contributed by atoms with Crippen LogP contribution in [0.3, 0.4) is 0 Å². The van der Waals surface area contributed by atoms with Gasteiger partial charge in [0.15, 0.2) is 0 Å². The SMILES string of the molecule is COC(=O)C(Br)CN1C(=O)C(=O)c2ccc(OC)cc21. The number of carbonyl (C=O) groups excluding carboxylic acids is 3. The van der Waals surface area contributed by atoms with Gasteiger partial charge in [0.05, 0.1) is 25.5 Å². The van der Waals surface area contributed by atoms with Crippen molar-refractivity contribution in [3.63, 3.8) is 0 Å². The lowest BCUT2D eigenvalue weighted by Gasteiger charge is -2.19. The number of ketones is 1. The molecular weight excluding hydrogens is 330 g/mol. The Morgan fingerprint density at radius 3 is 2.65 bits per heavy atom. The van der Waals surface area contributed by atoms with Gasteiger partial charge < -0.3 is 14.4 Å². The smallest absolute Gasteiger partial charge is 0.321 e. The van der Waals surface area contributed by atoms with Crippen molar-refractivity contribution >= 4 is 39.3 Å². The molecule has 6 nitrogen and oxygen atoms in total. The van der Waals surface area contributed by atoms with E-state index in [9.17, 15) is 14.4 Å². The van der Waals surface area contributed by atoms with Crippen LogP contribution in [0.25, 0.3) is 0 Å². The monoisotopic (exact) mass is 341 g/mol. The number of methoxy groups -OCH3 is 2. The fraction of sp³-hybridized carbons (Fsp3) is 0.308. The number of ether oxygens (including phenoxy) is 2. The number of nitrogens with zero attached hydrogens (tertiary/aromatic N) is 1. The third-order valence-corrected chi connectivity index (χ3v) is 3.64. The number of rotatable bonds is 4. The molecule has 0 N–H and O–H groups in total. The van der Waals surface area contributed by atoms with Crippen molar-refractivity contribution in [3.8, 4) is 5.75 Å². The van der Waals surface area contributed by atoms with Crippen LogP contribution in [0.4, 0.5) is 5.69 Å². The second-order valence-corrected chi connectivity index (χ2v) is 5.22. The van der Waals surface area contributed by atoms with Gasteiger partial charge in [-0.25, -0.2) is 0 Å². The molecule has 0 aliphatic carbocycles. The molecule has 0 fully saturated rings. The van der Waals surface area contributed by atoms with Gasteiger partial charge in [-0.15, -0.1) is 0 Å². The maximum atomic E-state index is 12.0. The number of anilines is 1.